The number of piperidine rings is 1. The molecule has 0 N–H and O–H groups in total. The minimum absolute atomic E-state index is 0.196. The average molecular weight is 646 g/mol. The number of aromatic nitrogens is 3. The number of nitrogens with zero attached hydrogens (tertiary/aromatic N) is 7. The normalized spacial score (nSPS) is 17.5. The van der Waals surface area contributed by atoms with Crippen molar-refractivity contribution in [2.45, 2.75) is 85.1 Å². The number of benzene rings is 2. The summed E-state index contributed by atoms with van der Waals surface area (Å²) >= 11 is 0. The van der Waals surface area contributed by atoms with Crippen LogP contribution in [0.25, 0.3) is 21.7 Å². The van der Waals surface area contributed by atoms with Gasteiger partial charge in [-0.15, -0.1) is 5.10 Å². The summed E-state index contributed by atoms with van der Waals surface area (Å²) in [5, 5.41) is 21.3. The van der Waals surface area contributed by atoms with Gasteiger partial charge < -0.3 is 9.47 Å². The van der Waals surface area contributed by atoms with Gasteiger partial charge in [0.15, 0.2) is 5.82 Å². The highest BCUT2D eigenvalue weighted by molar-refractivity contribution is 5.92. The first-order chi connectivity index (χ1) is 22.5. The zero-order valence-electron chi connectivity index (χ0n) is 28.1. The summed E-state index contributed by atoms with van der Waals surface area (Å²) in [6, 6.07) is 14.2. The van der Waals surface area contributed by atoms with Gasteiger partial charge in [-0.2, -0.15) is 23.5 Å². The van der Waals surface area contributed by atoms with E-state index < -0.39 is 12.6 Å². The number of rotatable bonds is 11. The Morgan fingerprint density at radius 2 is 1.74 bits per heavy atom. The smallest absolute Gasteiger partial charge is 0.353 e. The summed E-state index contributed by atoms with van der Waals surface area (Å²) in [6.07, 6.45) is 0.805. The molecule has 0 saturated carbocycles. The lowest BCUT2D eigenvalue weighted by atomic mass is 9.72. The fraction of sp³-hybridized carbons (Fsp3) is 0.541. The maximum atomic E-state index is 13.1. The van der Waals surface area contributed by atoms with E-state index >= 15 is 0 Å². The van der Waals surface area contributed by atoms with Crippen LogP contribution >= 0.6 is 0 Å². The van der Waals surface area contributed by atoms with Crippen molar-refractivity contribution in [1.29, 1.82) is 5.26 Å². The Hall–Kier alpha value is -3.68. The number of alkyl halides is 3. The third-order valence-electron chi connectivity index (χ3n) is 10.4. The number of aryl methyl sites for hydroxylation is 1. The highest BCUT2D eigenvalue weighted by Crippen LogP contribution is 2.44. The molecule has 2 saturated heterocycles. The standard InChI is InChI=1S/C37H46F3N7/c1-5-13-45(14-6-2)26(3)22-47-31(20-41)18-32-27(4)30(9-10-34(32)47)23-44-15-11-36(12-16-44)24-46(25-36)35-33-17-28(19-37(38,39)40)7-8-29(33)21-42-43-35/h7-10,17-18,21,26H,5-6,11-16,19,22-25H2,1-4H3. The summed E-state index contributed by atoms with van der Waals surface area (Å²) in [7, 11) is 0. The van der Waals surface area contributed by atoms with Crippen LogP contribution in [-0.4, -0.2) is 76.1 Å². The molecule has 2 aromatic heterocycles. The molecule has 250 valence electrons. The molecule has 4 aromatic rings. The van der Waals surface area contributed by atoms with Crippen LogP contribution in [0.4, 0.5) is 19.0 Å². The summed E-state index contributed by atoms with van der Waals surface area (Å²) in [5.41, 5.74) is 4.86. The predicted octanol–water partition coefficient (Wildman–Crippen LogP) is 7.48. The first kappa shape index (κ1) is 33.2. The lowest BCUT2D eigenvalue weighted by Gasteiger charge is -2.54. The molecule has 2 fully saturated rings. The molecule has 2 aliphatic heterocycles. The lowest BCUT2D eigenvalue weighted by molar-refractivity contribution is -0.127. The van der Waals surface area contributed by atoms with Gasteiger partial charge in [0.25, 0.3) is 0 Å². The van der Waals surface area contributed by atoms with Gasteiger partial charge in [-0.05, 0) is 101 Å². The second-order valence-electron chi connectivity index (χ2n) is 13.9. The molecule has 2 aliphatic rings. The van der Waals surface area contributed by atoms with Gasteiger partial charge in [0.2, 0.25) is 0 Å². The summed E-state index contributed by atoms with van der Waals surface area (Å²) < 4.78 is 41.4. The van der Waals surface area contributed by atoms with E-state index in [9.17, 15) is 18.4 Å². The zero-order valence-corrected chi connectivity index (χ0v) is 28.1. The van der Waals surface area contributed by atoms with Crippen molar-refractivity contribution in [1.82, 2.24) is 24.6 Å². The minimum atomic E-state index is -4.25. The summed E-state index contributed by atoms with van der Waals surface area (Å²) in [6.45, 7) is 16.4. The molecule has 0 bridgehead atoms. The predicted molar refractivity (Wildman–Crippen MR) is 181 cm³/mol. The Morgan fingerprint density at radius 3 is 2.40 bits per heavy atom. The molecule has 4 heterocycles. The number of nitriles is 1. The number of halogens is 3. The van der Waals surface area contributed by atoms with Crippen molar-refractivity contribution in [3.05, 3.63) is 65.0 Å². The second-order valence-corrected chi connectivity index (χ2v) is 13.9. The topological polar surface area (TPSA) is 64.2 Å². The van der Waals surface area contributed by atoms with Crippen LogP contribution in [0, 0.1) is 23.7 Å². The van der Waals surface area contributed by atoms with Crippen molar-refractivity contribution < 1.29 is 13.2 Å². The molecular formula is C37H46F3N7. The van der Waals surface area contributed by atoms with Gasteiger partial charge >= 0.3 is 6.18 Å². The van der Waals surface area contributed by atoms with E-state index in [0.29, 0.717) is 11.9 Å². The Labute approximate surface area is 275 Å². The van der Waals surface area contributed by atoms with Gasteiger partial charge in [0.05, 0.1) is 12.6 Å². The van der Waals surface area contributed by atoms with Crippen molar-refractivity contribution in [2.75, 3.05) is 44.2 Å². The van der Waals surface area contributed by atoms with Gasteiger partial charge in [-0.3, -0.25) is 9.80 Å². The largest absolute Gasteiger partial charge is 0.393 e. The molecule has 7 nitrogen and oxygen atoms in total. The average Bonchev–Trinajstić information content (AvgIpc) is 3.38. The second kappa shape index (κ2) is 13.4. The highest BCUT2D eigenvalue weighted by atomic mass is 19.4. The fourth-order valence-corrected chi connectivity index (χ4v) is 7.83. The molecule has 0 aliphatic carbocycles. The van der Waals surface area contributed by atoms with Gasteiger partial charge in [-0.1, -0.05) is 32.0 Å². The molecule has 1 spiro atoms. The molecule has 1 unspecified atom stereocenters. The minimum Gasteiger partial charge on any atom is -0.353 e. The quantitative estimate of drug-likeness (QED) is 0.169. The van der Waals surface area contributed by atoms with Crippen LogP contribution in [0.15, 0.2) is 42.6 Å². The van der Waals surface area contributed by atoms with Crippen molar-refractivity contribution >= 4 is 27.5 Å². The Bertz CT molecular complexity index is 1750. The first-order valence-corrected chi connectivity index (χ1v) is 17.1. The number of hydrogen-bond acceptors (Lipinski definition) is 6. The van der Waals surface area contributed by atoms with Crippen LogP contribution in [0.3, 0.4) is 0 Å². The van der Waals surface area contributed by atoms with Gasteiger partial charge in [0, 0.05) is 59.3 Å². The highest BCUT2D eigenvalue weighted by Gasteiger charge is 2.46. The molecule has 47 heavy (non-hydrogen) atoms. The molecule has 1 atom stereocenters. The van der Waals surface area contributed by atoms with E-state index in [-0.39, 0.29) is 11.0 Å². The number of anilines is 1. The summed E-state index contributed by atoms with van der Waals surface area (Å²) in [4.78, 5) is 7.24. The van der Waals surface area contributed by atoms with E-state index in [2.05, 4.69) is 81.4 Å². The first-order valence-electron chi connectivity index (χ1n) is 17.1. The molecular weight excluding hydrogens is 599 g/mol. The molecule has 2 aromatic carbocycles. The maximum absolute atomic E-state index is 13.1. The lowest BCUT2D eigenvalue weighted by Crippen LogP contribution is -2.60. The SMILES string of the molecule is CCCN(CCC)C(C)Cn1c(C#N)cc2c(C)c(CN3CCC4(CC3)CN(c3nncc5ccc(CC(F)(F)F)cc35)C4)ccc21. The van der Waals surface area contributed by atoms with Crippen LogP contribution < -0.4 is 4.90 Å². The van der Waals surface area contributed by atoms with Crippen molar-refractivity contribution in [2.24, 2.45) is 5.41 Å². The molecule has 0 radical (unpaired) electrons. The monoisotopic (exact) mass is 645 g/mol. The number of likely N-dealkylation sites (tertiary alicyclic amines) is 1. The van der Waals surface area contributed by atoms with E-state index in [1.54, 1.807) is 18.3 Å². The fourth-order valence-electron chi connectivity index (χ4n) is 7.83. The Morgan fingerprint density at radius 1 is 1.02 bits per heavy atom. The van der Waals surface area contributed by atoms with E-state index in [0.717, 1.165) is 100 Å². The third-order valence-corrected chi connectivity index (χ3v) is 10.4. The van der Waals surface area contributed by atoms with Crippen LogP contribution in [0.5, 0.6) is 0 Å². The van der Waals surface area contributed by atoms with Gasteiger partial charge in [0.1, 0.15) is 11.8 Å². The van der Waals surface area contributed by atoms with E-state index in [1.165, 1.54) is 22.6 Å². The maximum Gasteiger partial charge on any atom is 0.393 e. The Kier molecular flexibility index (Phi) is 9.50. The zero-order chi connectivity index (χ0) is 33.3. The van der Waals surface area contributed by atoms with Crippen molar-refractivity contribution in [3.8, 4) is 6.07 Å². The van der Waals surface area contributed by atoms with Crippen LogP contribution in [0.2, 0.25) is 0 Å². The molecule has 6 rings (SSSR count). The number of hydrogen-bond donors (Lipinski definition) is 0. The van der Waals surface area contributed by atoms with Crippen molar-refractivity contribution in [3.63, 3.8) is 0 Å². The molecule has 0 amide bonds. The Balaban J connectivity index is 1.10. The van der Waals surface area contributed by atoms with E-state index in [4.69, 9.17) is 0 Å². The summed E-state index contributed by atoms with van der Waals surface area (Å²) in [5.74, 6) is 0.685. The van der Waals surface area contributed by atoms with Crippen LogP contribution in [-0.2, 0) is 19.5 Å². The molecule has 10 heteroatoms. The van der Waals surface area contributed by atoms with E-state index in [1.807, 2.05) is 0 Å². The third kappa shape index (κ3) is 6.97. The van der Waals surface area contributed by atoms with Crippen LogP contribution in [0.1, 0.15) is 68.8 Å². The number of fused-ring (bicyclic) bond motifs is 2. The van der Waals surface area contributed by atoms with Gasteiger partial charge in [-0.25, -0.2) is 0 Å².